The van der Waals surface area contributed by atoms with Gasteiger partial charge in [-0.05, 0) is 48.0 Å². The second-order valence-corrected chi connectivity index (χ2v) is 9.07. The van der Waals surface area contributed by atoms with Gasteiger partial charge >= 0.3 is 5.97 Å². The monoisotopic (exact) mass is 468 g/mol. The Hall–Kier alpha value is -3.85. The molecule has 8 nitrogen and oxygen atoms in total. The van der Waals surface area contributed by atoms with E-state index in [0.717, 1.165) is 16.1 Å². The summed E-state index contributed by atoms with van der Waals surface area (Å²) in [7, 11) is -2.48. The number of sulfonamides is 1. The summed E-state index contributed by atoms with van der Waals surface area (Å²) in [6.45, 7) is -0.0610. The van der Waals surface area contributed by atoms with Crippen molar-refractivity contribution in [2.75, 3.05) is 29.5 Å². The number of carbonyl (C=O) groups excluding carboxylic acids is 2. The molecule has 3 aromatic rings. The van der Waals surface area contributed by atoms with Crippen LogP contribution >= 0.6 is 0 Å². The highest BCUT2D eigenvalue weighted by Gasteiger charge is 2.21. The number of ether oxygens (including phenoxy) is 2. The van der Waals surface area contributed by atoms with E-state index in [0.29, 0.717) is 23.7 Å². The van der Waals surface area contributed by atoms with Crippen LogP contribution in [0.2, 0.25) is 0 Å². The molecule has 0 radical (unpaired) electrons. The van der Waals surface area contributed by atoms with Crippen LogP contribution in [0, 0.1) is 0 Å². The number of carbonyl (C=O) groups is 2. The van der Waals surface area contributed by atoms with Crippen molar-refractivity contribution in [3.05, 3.63) is 90.0 Å². The Morgan fingerprint density at radius 1 is 0.939 bits per heavy atom. The van der Waals surface area contributed by atoms with Crippen LogP contribution in [0.15, 0.2) is 78.9 Å². The third-order valence-corrected chi connectivity index (χ3v) is 5.77. The predicted molar refractivity (Wildman–Crippen MR) is 126 cm³/mol. The Morgan fingerprint density at radius 3 is 2.27 bits per heavy atom. The smallest absolute Gasteiger partial charge is 0.337 e. The van der Waals surface area contributed by atoms with Gasteiger partial charge in [-0.15, -0.1) is 0 Å². The Balaban J connectivity index is 1.68. The molecular formula is C24H24N2O6S. The van der Waals surface area contributed by atoms with Gasteiger partial charge in [-0.25, -0.2) is 13.2 Å². The van der Waals surface area contributed by atoms with Crippen LogP contribution in [0.5, 0.6) is 5.75 Å². The molecule has 1 amide bonds. The first-order chi connectivity index (χ1) is 15.8. The second kappa shape index (κ2) is 10.6. The van der Waals surface area contributed by atoms with Crippen molar-refractivity contribution in [2.45, 2.75) is 6.61 Å². The maximum Gasteiger partial charge on any atom is 0.337 e. The standard InChI is InChI=1S/C24H24N2O6S/c1-31-24(28)19-9-6-10-20(15-19)25-23(27)16-26(33(2,29)30)21-11-13-22(14-12-21)32-17-18-7-4-3-5-8-18/h3-15H,16-17H2,1-2H3,(H,25,27). The van der Waals surface area contributed by atoms with Crippen LogP contribution in [-0.2, 0) is 26.2 Å². The van der Waals surface area contributed by atoms with Gasteiger partial charge in [-0.3, -0.25) is 9.10 Å². The summed E-state index contributed by atoms with van der Waals surface area (Å²) >= 11 is 0. The molecule has 33 heavy (non-hydrogen) atoms. The molecule has 0 fully saturated rings. The van der Waals surface area contributed by atoms with Gasteiger partial charge in [-0.1, -0.05) is 36.4 Å². The van der Waals surface area contributed by atoms with E-state index in [1.54, 1.807) is 42.5 Å². The maximum atomic E-state index is 12.6. The average Bonchev–Trinajstić information content (AvgIpc) is 2.81. The maximum absolute atomic E-state index is 12.6. The van der Waals surface area contributed by atoms with E-state index in [1.807, 2.05) is 30.3 Å². The number of esters is 1. The summed E-state index contributed by atoms with van der Waals surface area (Å²) in [4.78, 5) is 24.2. The Labute approximate surface area is 192 Å². The van der Waals surface area contributed by atoms with Crippen LogP contribution in [0.25, 0.3) is 0 Å². The number of benzene rings is 3. The molecule has 0 spiro atoms. The average molecular weight is 469 g/mol. The molecule has 1 N–H and O–H groups in total. The van der Waals surface area contributed by atoms with Crippen molar-refractivity contribution in [3.63, 3.8) is 0 Å². The third kappa shape index (κ3) is 6.81. The lowest BCUT2D eigenvalue weighted by Crippen LogP contribution is -2.37. The highest BCUT2D eigenvalue weighted by molar-refractivity contribution is 7.92. The fourth-order valence-electron chi connectivity index (χ4n) is 3.02. The minimum absolute atomic E-state index is 0.265. The van der Waals surface area contributed by atoms with Gasteiger partial charge in [0.2, 0.25) is 15.9 Å². The molecule has 0 aliphatic carbocycles. The molecule has 0 aliphatic rings. The fraction of sp³-hybridized carbons (Fsp3) is 0.167. The molecule has 0 saturated heterocycles. The van der Waals surface area contributed by atoms with Gasteiger partial charge in [-0.2, -0.15) is 0 Å². The van der Waals surface area contributed by atoms with Gasteiger partial charge in [0, 0.05) is 5.69 Å². The minimum atomic E-state index is -3.74. The first-order valence-corrected chi connectivity index (χ1v) is 11.8. The molecule has 0 bridgehead atoms. The van der Waals surface area contributed by atoms with Crippen molar-refractivity contribution in [1.82, 2.24) is 0 Å². The van der Waals surface area contributed by atoms with E-state index in [1.165, 1.54) is 13.2 Å². The highest BCUT2D eigenvalue weighted by atomic mass is 32.2. The van der Waals surface area contributed by atoms with E-state index < -0.39 is 28.4 Å². The Kier molecular flexibility index (Phi) is 7.68. The molecule has 9 heteroatoms. The molecule has 3 aromatic carbocycles. The number of nitrogens with zero attached hydrogens (tertiary/aromatic N) is 1. The predicted octanol–water partition coefficient (Wildman–Crippen LogP) is 3.46. The number of methoxy groups -OCH3 is 1. The highest BCUT2D eigenvalue weighted by Crippen LogP contribution is 2.22. The molecule has 0 unspecified atom stereocenters. The van der Waals surface area contributed by atoms with Gasteiger partial charge in [0.25, 0.3) is 0 Å². The lowest BCUT2D eigenvalue weighted by atomic mass is 10.2. The quantitative estimate of drug-likeness (QED) is 0.483. The molecule has 172 valence electrons. The van der Waals surface area contributed by atoms with Crippen LogP contribution < -0.4 is 14.4 Å². The topological polar surface area (TPSA) is 102 Å². The Bertz CT molecular complexity index is 1210. The molecule has 0 heterocycles. The van der Waals surface area contributed by atoms with Crippen molar-refractivity contribution in [3.8, 4) is 5.75 Å². The normalized spacial score (nSPS) is 10.8. The van der Waals surface area contributed by atoms with E-state index in [2.05, 4.69) is 10.1 Å². The van der Waals surface area contributed by atoms with Crippen molar-refractivity contribution >= 4 is 33.3 Å². The minimum Gasteiger partial charge on any atom is -0.489 e. The first-order valence-electron chi connectivity index (χ1n) is 9.99. The number of anilines is 2. The molecule has 0 aromatic heterocycles. The lowest BCUT2D eigenvalue weighted by molar-refractivity contribution is -0.114. The summed E-state index contributed by atoms with van der Waals surface area (Å²) in [6.07, 6.45) is 1.03. The molecule has 0 aliphatic heterocycles. The van der Waals surface area contributed by atoms with Gasteiger partial charge < -0.3 is 14.8 Å². The number of nitrogens with one attached hydrogen (secondary N) is 1. The van der Waals surface area contributed by atoms with E-state index in [9.17, 15) is 18.0 Å². The Morgan fingerprint density at radius 2 is 1.64 bits per heavy atom. The van der Waals surface area contributed by atoms with E-state index >= 15 is 0 Å². The largest absolute Gasteiger partial charge is 0.489 e. The number of rotatable bonds is 9. The molecule has 3 rings (SSSR count). The summed E-state index contributed by atoms with van der Waals surface area (Å²) in [6, 6.07) is 22.3. The summed E-state index contributed by atoms with van der Waals surface area (Å²) in [5.74, 6) is -0.537. The molecular weight excluding hydrogens is 444 g/mol. The van der Waals surface area contributed by atoms with Crippen LogP contribution in [-0.4, -0.2) is 40.2 Å². The fourth-order valence-corrected chi connectivity index (χ4v) is 3.88. The van der Waals surface area contributed by atoms with Crippen LogP contribution in [0.4, 0.5) is 11.4 Å². The van der Waals surface area contributed by atoms with Crippen molar-refractivity contribution in [2.24, 2.45) is 0 Å². The van der Waals surface area contributed by atoms with E-state index in [-0.39, 0.29) is 5.56 Å². The number of hydrogen-bond acceptors (Lipinski definition) is 6. The van der Waals surface area contributed by atoms with Gasteiger partial charge in [0.15, 0.2) is 0 Å². The number of hydrogen-bond donors (Lipinski definition) is 1. The van der Waals surface area contributed by atoms with Crippen LogP contribution in [0.3, 0.4) is 0 Å². The molecule has 0 saturated carbocycles. The number of amides is 1. The van der Waals surface area contributed by atoms with Crippen LogP contribution in [0.1, 0.15) is 15.9 Å². The van der Waals surface area contributed by atoms with Crippen molar-refractivity contribution in [1.29, 1.82) is 0 Å². The van der Waals surface area contributed by atoms with Gasteiger partial charge in [0.05, 0.1) is 24.6 Å². The summed E-state index contributed by atoms with van der Waals surface area (Å²) in [5, 5.41) is 2.61. The first kappa shape index (κ1) is 23.8. The summed E-state index contributed by atoms with van der Waals surface area (Å²) < 4.78 is 36.1. The zero-order chi connectivity index (χ0) is 23.8. The zero-order valence-electron chi connectivity index (χ0n) is 18.2. The van der Waals surface area contributed by atoms with E-state index in [4.69, 9.17) is 4.74 Å². The van der Waals surface area contributed by atoms with Crippen molar-refractivity contribution < 1.29 is 27.5 Å². The third-order valence-electron chi connectivity index (χ3n) is 4.63. The molecule has 0 atom stereocenters. The lowest BCUT2D eigenvalue weighted by Gasteiger charge is -2.22. The summed E-state index contributed by atoms with van der Waals surface area (Å²) in [5.41, 5.74) is 1.94. The van der Waals surface area contributed by atoms with Gasteiger partial charge in [0.1, 0.15) is 18.9 Å². The second-order valence-electron chi connectivity index (χ2n) is 7.16. The zero-order valence-corrected chi connectivity index (χ0v) is 19.0. The SMILES string of the molecule is COC(=O)c1cccc(NC(=O)CN(c2ccc(OCc3ccccc3)cc2)S(C)(=O)=O)c1.